The summed E-state index contributed by atoms with van der Waals surface area (Å²) < 4.78 is 9.01. The van der Waals surface area contributed by atoms with Gasteiger partial charge in [0, 0.05) is 25.6 Å². The Morgan fingerprint density at radius 2 is 2.33 bits per heavy atom. The van der Waals surface area contributed by atoms with E-state index in [1.807, 2.05) is 14.1 Å². The predicted molar refractivity (Wildman–Crippen MR) is 66.1 cm³/mol. The van der Waals surface area contributed by atoms with Gasteiger partial charge in [0.15, 0.2) is 5.76 Å². The molecule has 0 aliphatic rings. The van der Waals surface area contributed by atoms with Crippen LogP contribution in [0.4, 0.5) is 11.0 Å². The van der Waals surface area contributed by atoms with E-state index >= 15 is 0 Å². The number of rotatable bonds is 4. The molecule has 0 saturated carbocycles. The summed E-state index contributed by atoms with van der Waals surface area (Å²) in [6.45, 7) is 0. The molecule has 0 bridgehead atoms. The van der Waals surface area contributed by atoms with Gasteiger partial charge in [0.05, 0.1) is 12.4 Å². The lowest BCUT2D eigenvalue weighted by atomic mass is 10.4. The number of hydrogen-bond acceptors (Lipinski definition) is 7. The largest absolute Gasteiger partial charge is 0.433 e. The molecule has 2 rings (SSSR count). The molecule has 0 aromatic carbocycles. The summed E-state index contributed by atoms with van der Waals surface area (Å²) in [5.74, 6) is 0.210. The first-order chi connectivity index (χ1) is 8.56. The van der Waals surface area contributed by atoms with Crippen molar-refractivity contribution >= 4 is 28.9 Å². The number of hydrogen-bond donors (Lipinski definition) is 0. The van der Waals surface area contributed by atoms with E-state index in [1.54, 1.807) is 11.2 Å². The highest BCUT2D eigenvalue weighted by Crippen LogP contribution is 2.27. The van der Waals surface area contributed by atoms with Crippen molar-refractivity contribution in [3.05, 3.63) is 22.2 Å². The Morgan fingerprint density at radius 3 is 2.94 bits per heavy atom. The number of furan rings is 1. The van der Waals surface area contributed by atoms with Crippen LogP contribution >= 0.6 is 11.5 Å². The van der Waals surface area contributed by atoms with Gasteiger partial charge in [0.1, 0.15) is 4.92 Å². The molecule has 2 aromatic rings. The minimum atomic E-state index is -0.610. The van der Waals surface area contributed by atoms with E-state index in [-0.39, 0.29) is 11.6 Å². The summed E-state index contributed by atoms with van der Waals surface area (Å²) in [6.07, 6.45) is 1.59. The molecule has 9 heteroatoms. The third-order valence-corrected chi connectivity index (χ3v) is 2.43. The van der Waals surface area contributed by atoms with Crippen molar-refractivity contribution in [1.82, 2.24) is 14.3 Å². The van der Waals surface area contributed by atoms with E-state index in [4.69, 9.17) is 4.42 Å². The van der Waals surface area contributed by atoms with Gasteiger partial charge < -0.3 is 9.32 Å². The van der Waals surface area contributed by atoms with Crippen LogP contribution in [0, 0.1) is 10.1 Å². The van der Waals surface area contributed by atoms with Gasteiger partial charge in [-0.2, -0.15) is 9.36 Å². The Hall–Kier alpha value is -2.29. The zero-order chi connectivity index (χ0) is 13.1. The lowest BCUT2D eigenvalue weighted by Gasteiger charge is -1.99. The molecule has 8 nitrogen and oxygen atoms in total. The van der Waals surface area contributed by atoms with Crippen molar-refractivity contribution in [2.24, 2.45) is 4.99 Å². The highest BCUT2D eigenvalue weighted by molar-refractivity contribution is 7.09. The molecule has 0 spiro atoms. The second-order valence-electron chi connectivity index (χ2n) is 3.50. The molecular weight excluding hydrogens is 258 g/mol. The third-order valence-electron chi connectivity index (χ3n) is 1.81. The summed E-state index contributed by atoms with van der Waals surface area (Å²) >= 11 is 1.09. The van der Waals surface area contributed by atoms with Crippen molar-refractivity contribution in [1.29, 1.82) is 0 Å². The van der Waals surface area contributed by atoms with E-state index in [0.29, 0.717) is 11.0 Å². The zero-order valence-corrected chi connectivity index (χ0v) is 10.4. The molecule has 2 heterocycles. The second kappa shape index (κ2) is 4.92. The van der Waals surface area contributed by atoms with Gasteiger partial charge in [0.2, 0.25) is 11.0 Å². The van der Waals surface area contributed by atoms with E-state index < -0.39 is 4.92 Å². The minimum Gasteiger partial charge on any atom is -0.397 e. The van der Waals surface area contributed by atoms with Gasteiger partial charge in [0.25, 0.3) is 0 Å². The smallest absolute Gasteiger partial charge is 0.397 e. The highest BCUT2D eigenvalue weighted by atomic mass is 32.1. The van der Waals surface area contributed by atoms with Crippen molar-refractivity contribution in [3.63, 3.8) is 0 Å². The zero-order valence-electron chi connectivity index (χ0n) is 9.60. The van der Waals surface area contributed by atoms with Gasteiger partial charge in [-0.15, -0.1) is 0 Å². The average molecular weight is 267 g/mol. The Kier molecular flexibility index (Phi) is 3.33. The van der Waals surface area contributed by atoms with Gasteiger partial charge in [-0.3, -0.25) is 10.1 Å². The first kappa shape index (κ1) is 12.2. The summed E-state index contributed by atoms with van der Waals surface area (Å²) in [4.78, 5) is 19.8. The standard InChI is InChI=1S/C9H9N5O3S/c1-13(2)5-10-9-11-8(12-18-9)6-3-4-7(17-6)14(15)16/h3-5H,1-2H3. The fourth-order valence-electron chi connectivity index (χ4n) is 1.08. The molecule has 0 atom stereocenters. The lowest BCUT2D eigenvalue weighted by molar-refractivity contribution is -0.401. The van der Waals surface area contributed by atoms with Crippen LogP contribution in [0.3, 0.4) is 0 Å². The van der Waals surface area contributed by atoms with Gasteiger partial charge in [-0.25, -0.2) is 4.99 Å². The normalized spacial score (nSPS) is 11.0. The molecule has 94 valence electrons. The van der Waals surface area contributed by atoms with Gasteiger partial charge in [-0.1, -0.05) is 0 Å². The monoisotopic (exact) mass is 267 g/mol. The molecule has 0 aliphatic heterocycles. The molecule has 0 unspecified atom stereocenters. The molecule has 0 saturated heterocycles. The Bertz CT molecular complexity index is 589. The Labute approximate surface area is 106 Å². The van der Waals surface area contributed by atoms with Crippen LogP contribution in [0.1, 0.15) is 0 Å². The van der Waals surface area contributed by atoms with E-state index in [9.17, 15) is 10.1 Å². The molecule has 0 amide bonds. The SMILES string of the molecule is CN(C)C=Nc1nc(-c2ccc([N+](=O)[O-])o2)ns1. The van der Waals surface area contributed by atoms with E-state index in [2.05, 4.69) is 14.3 Å². The lowest BCUT2D eigenvalue weighted by Crippen LogP contribution is -2.06. The topological polar surface area (TPSA) is 97.7 Å². The van der Waals surface area contributed by atoms with Crippen LogP contribution in [0.2, 0.25) is 0 Å². The Balaban J connectivity index is 2.21. The first-order valence-corrected chi connectivity index (χ1v) is 5.62. The number of nitro groups is 1. The molecule has 0 N–H and O–H groups in total. The van der Waals surface area contributed by atoms with Crippen molar-refractivity contribution in [2.75, 3.05) is 14.1 Å². The summed E-state index contributed by atoms with van der Waals surface area (Å²) in [5, 5.41) is 10.9. The highest BCUT2D eigenvalue weighted by Gasteiger charge is 2.16. The van der Waals surface area contributed by atoms with Crippen molar-refractivity contribution < 1.29 is 9.34 Å². The van der Waals surface area contributed by atoms with Crippen molar-refractivity contribution in [2.45, 2.75) is 0 Å². The minimum absolute atomic E-state index is 0.254. The first-order valence-electron chi connectivity index (χ1n) is 4.85. The van der Waals surface area contributed by atoms with E-state index in [1.165, 1.54) is 12.1 Å². The third kappa shape index (κ3) is 2.69. The summed E-state index contributed by atoms with van der Waals surface area (Å²) in [5.41, 5.74) is 0. The predicted octanol–water partition coefficient (Wildman–Crippen LogP) is 1.93. The number of nitrogens with zero attached hydrogens (tertiary/aromatic N) is 5. The van der Waals surface area contributed by atoms with Crippen molar-refractivity contribution in [3.8, 4) is 11.6 Å². The molecule has 0 radical (unpaired) electrons. The van der Waals surface area contributed by atoms with Crippen LogP contribution in [-0.2, 0) is 0 Å². The van der Waals surface area contributed by atoms with E-state index in [0.717, 1.165) is 11.5 Å². The fraction of sp³-hybridized carbons (Fsp3) is 0.222. The van der Waals surface area contributed by atoms with Crippen LogP contribution in [-0.4, -0.2) is 39.6 Å². The Morgan fingerprint density at radius 1 is 1.56 bits per heavy atom. The molecule has 0 fully saturated rings. The summed E-state index contributed by atoms with van der Waals surface area (Å²) in [6, 6.07) is 2.72. The second-order valence-corrected chi connectivity index (χ2v) is 4.23. The molecular formula is C9H9N5O3S. The number of aromatic nitrogens is 2. The number of aliphatic imine (C=N–C) groups is 1. The molecule has 18 heavy (non-hydrogen) atoms. The maximum atomic E-state index is 10.5. The van der Waals surface area contributed by atoms with Crippen LogP contribution in [0.5, 0.6) is 0 Å². The van der Waals surface area contributed by atoms with Crippen LogP contribution < -0.4 is 0 Å². The van der Waals surface area contributed by atoms with Crippen LogP contribution in [0.15, 0.2) is 21.5 Å². The summed E-state index contributed by atoms with van der Waals surface area (Å²) in [7, 11) is 3.67. The maximum Gasteiger partial charge on any atom is 0.433 e. The molecule has 2 aromatic heterocycles. The average Bonchev–Trinajstić information content (AvgIpc) is 2.95. The maximum absolute atomic E-state index is 10.5. The quantitative estimate of drug-likeness (QED) is 0.363. The molecule has 0 aliphatic carbocycles. The van der Waals surface area contributed by atoms with Gasteiger partial charge in [-0.05, 0) is 6.07 Å². The van der Waals surface area contributed by atoms with Gasteiger partial charge >= 0.3 is 5.88 Å². The van der Waals surface area contributed by atoms with Crippen LogP contribution in [0.25, 0.3) is 11.6 Å². The fourth-order valence-corrected chi connectivity index (χ4v) is 1.60.